The van der Waals surface area contributed by atoms with Gasteiger partial charge in [-0.1, -0.05) is 72.8 Å². The lowest BCUT2D eigenvalue weighted by Crippen LogP contribution is -2.33. The van der Waals surface area contributed by atoms with E-state index in [1.807, 2.05) is 48.5 Å². The number of likely N-dealkylation sites (tertiary alicyclic amines) is 1. The summed E-state index contributed by atoms with van der Waals surface area (Å²) in [4.78, 5) is 14.8. The van der Waals surface area contributed by atoms with Crippen molar-refractivity contribution < 1.29 is 9.15 Å². The minimum Gasteiger partial charge on any atom is -0.492 e. The van der Waals surface area contributed by atoms with Crippen molar-refractivity contribution in [1.82, 2.24) is 4.90 Å². The summed E-state index contributed by atoms with van der Waals surface area (Å²) >= 11 is 0. The first kappa shape index (κ1) is 21.6. The second kappa shape index (κ2) is 9.40. The molecule has 6 rings (SSSR count). The van der Waals surface area contributed by atoms with Gasteiger partial charge in [-0.3, -0.25) is 4.90 Å². The summed E-state index contributed by atoms with van der Waals surface area (Å²) in [7, 11) is 0. The third kappa shape index (κ3) is 4.45. The first-order chi connectivity index (χ1) is 17.2. The lowest BCUT2D eigenvalue weighted by atomic mass is 10.0. The molecule has 4 heteroatoms. The van der Waals surface area contributed by atoms with Crippen LogP contribution in [0, 0.1) is 0 Å². The van der Waals surface area contributed by atoms with E-state index in [0.717, 1.165) is 41.8 Å². The fourth-order valence-electron chi connectivity index (χ4n) is 5.22. The van der Waals surface area contributed by atoms with Crippen molar-refractivity contribution in [2.24, 2.45) is 0 Å². The van der Waals surface area contributed by atoms with E-state index >= 15 is 0 Å². The predicted molar refractivity (Wildman–Crippen MR) is 141 cm³/mol. The summed E-state index contributed by atoms with van der Waals surface area (Å²) in [6.07, 6.45) is 2.29. The molecule has 1 aromatic heterocycles. The zero-order valence-corrected chi connectivity index (χ0v) is 19.5. The zero-order valence-electron chi connectivity index (χ0n) is 19.5. The maximum absolute atomic E-state index is 12.3. The van der Waals surface area contributed by atoms with Gasteiger partial charge in [0, 0.05) is 30.1 Å². The molecule has 0 aliphatic carbocycles. The van der Waals surface area contributed by atoms with Gasteiger partial charge in [-0.05, 0) is 59.0 Å². The number of nitrogens with zero attached hydrogens (tertiary/aromatic N) is 1. The molecule has 0 amide bonds. The van der Waals surface area contributed by atoms with Gasteiger partial charge in [-0.25, -0.2) is 4.79 Å². The molecule has 0 N–H and O–H groups in total. The maximum Gasteiger partial charge on any atom is 0.336 e. The molecule has 0 unspecified atom stereocenters. The molecule has 0 bridgehead atoms. The highest BCUT2D eigenvalue weighted by molar-refractivity contribution is 5.93. The predicted octanol–water partition coefficient (Wildman–Crippen LogP) is 6.66. The first-order valence-electron chi connectivity index (χ1n) is 12.2. The van der Waals surface area contributed by atoms with Gasteiger partial charge in [-0.15, -0.1) is 0 Å². The molecule has 4 nitrogen and oxygen atoms in total. The van der Waals surface area contributed by atoms with Crippen molar-refractivity contribution in [2.75, 3.05) is 13.2 Å². The maximum atomic E-state index is 12.3. The Kier molecular flexibility index (Phi) is 5.81. The normalized spacial score (nSPS) is 16.2. The van der Waals surface area contributed by atoms with Gasteiger partial charge in [0.15, 0.2) is 0 Å². The second-order valence-electron chi connectivity index (χ2n) is 9.22. The van der Waals surface area contributed by atoms with Crippen LogP contribution in [-0.2, 0) is 6.54 Å². The third-order valence-corrected chi connectivity index (χ3v) is 7.00. The van der Waals surface area contributed by atoms with Crippen molar-refractivity contribution in [2.45, 2.75) is 25.4 Å². The molecule has 1 aliphatic heterocycles. The molecule has 1 saturated heterocycles. The summed E-state index contributed by atoms with van der Waals surface area (Å²) in [6, 6.07) is 32.7. The molecular weight excluding hydrogens is 434 g/mol. The van der Waals surface area contributed by atoms with Crippen LogP contribution in [0.2, 0.25) is 0 Å². The van der Waals surface area contributed by atoms with Crippen LogP contribution in [0.5, 0.6) is 5.75 Å². The monoisotopic (exact) mass is 461 g/mol. The van der Waals surface area contributed by atoms with Crippen LogP contribution in [0.1, 0.15) is 18.4 Å². The third-order valence-electron chi connectivity index (χ3n) is 7.00. The largest absolute Gasteiger partial charge is 0.492 e. The highest BCUT2D eigenvalue weighted by Gasteiger charge is 2.25. The fraction of sp³-hybridized carbons (Fsp3) is 0.194. The Labute approximate surface area is 204 Å². The highest BCUT2D eigenvalue weighted by Crippen LogP contribution is 2.30. The lowest BCUT2D eigenvalue weighted by molar-refractivity contribution is 0.167. The van der Waals surface area contributed by atoms with Gasteiger partial charge in [-0.2, -0.15) is 0 Å². The van der Waals surface area contributed by atoms with E-state index in [4.69, 9.17) is 9.15 Å². The van der Waals surface area contributed by atoms with Crippen LogP contribution >= 0.6 is 0 Å². The zero-order chi connectivity index (χ0) is 23.6. The molecule has 1 atom stereocenters. The number of benzene rings is 4. The van der Waals surface area contributed by atoms with Crippen LogP contribution < -0.4 is 10.4 Å². The SMILES string of the molecule is O=c1cc(-c2ccccc2)c2ccc(OC[C@H]3CCCN3Cc3cccc4ccccc34)cc2o1. The summed E-state index contributed by atoms with van der Waals surface area (Å²) in [5.41, 5.74) is 3.42. The first-order valence-corrected chi connectivity index (χ1v) is 12.2. The minimum absolute atomic E-state index is 0.354. The van der Waals surface area contributed by atoms with Crippen molar-refractivity contribution in [1.29, 1.82) is 0 Å². The lowest BCUT2D eigenvalue weighted by Gasteiger charge is -2.25. The van der Waals surface area contributed by atoms with Crippen LogP contribution in [0.4, 0.5) is 0 Å². The highest BCUT2D eigenvalue weighted by atomic mass is 16.5. The van der Waals surface area contributed by atoms with Crippen LogP contribution in [0.3, 0.4) is 0 Å². The molecule has 4 aromatic carbocycles. The molecule has 0 saturated carbocycles. The van der Waals surface area contributed by atoms with E-state index in [-0.39, 0.29) is 5.63 Å². The topological polar surface area (TPSA) is 42.7 Å². The Bertz CT molecular complexity index is 1530. The average Bonchev–Trinajstić information content (AvgIpc) is 3.34. The van der Waals surface area contributed by atoms with E-state index in [1.54, 1.807) is 6.07 Å². The van der Waals surface area contributed by atoms with E-state index in [2.05, 4.69) is 47.4 Å². The van der Waals surface area contributed by atoms with Crippen LogP contribution in [0.25, 0.3) is 32.9 Å². The Hall–Kier alpha value is -3.89. The molecular formula is C31H27NO3. The van der Waals surface area contributed by atoms with Gasteiger partial charge in [0.2, 0.25) is 0 Å². The molecule has 1 fully saturated rings. The Morgan fingerprint density at radius 2 is 1.69 bits per heavy atom. The van der Waals surface area contributed by atoms with Gasteiger partial charge >= 0.3 is 5.63 Å². The second-order valence-corrected chi connectivity index (χ2v) is 9.22. The van der Waals surface area contributed by atoms with Gasteiger partial charge in [0.05, 0.1) is 0 Å². The Morgan fingerprint density at radius 1 is 0.857 bits per heavy atom. The molecule has 2 heterocycles. The number of rotatable bonds is 6. The smallest absolute Gasteiger partial charge is 0.336 e. The molecule has 5 aromatic rings. The number of hydrogen-bond acceptors (Lipinski definition) is 4. The van der Waals surface area contributed by atoms with E-state index in [9.17, 15) is 4.79 Å². The molecule has 35 heavy (non-hydrogen) atoms. The Morgan fingerprint density at radius 3 is 2.60 bits per heavy atom. The minimum atomic E-state index is -0.356. The molecule has 0 spiro atoms. The molecule has 0 radical (unpaired) electrons. The van der Waals surface area contributed by atoms with Gasteiger partial charge < -0.3 is 9.15 Å². The summed E-state index contributed by atoms with van der Waals surface area (Å²) in [5.74, 6) is 0.725. The number of hydrogen-bond donors (Lipinski definition) is 0. The van der Waals surface area contributed by atoms with Crippen molar-refractivity contribution in [3.63, 3.8) is 0 Å². The average molecular weight is 462 g/mol. The van der Waals surface area contributed by atoms with Crippen molar-refractivity contribution in [3.8, 4) is 16.9 Å². The van der Waals surface area contributed by atoms with Gasteiger partial charge in [0.1, 0.15) is 17.9 Å². The van der Waals surface area contributed by atoms with E-state index in [0.29, 0.717) is 18.2 Å². The number of fused-ring (bicyclic) bond motifs is 2. The standard InChI is InChI=1S/C31H27NO3/c33-31-19-29(23-8-2-1-3-9-23)28-16-15-26(18-30(28)35-31)34-21-25-13-7-17-32(25)20-24-12-6-11-22-10-4-5-14-27(22)24/h1-6,8-12,14-16,18-19,25H,7,13,17,20-21H2/t25-/m1/s1. The van der Waals surface area contributed by atoms with Crippen LogP contribution in [-0.4, -0.2) is 24.1 Å². The van der Waals surface area contributed by atoms with Gasteiger partial charge in [0.25, 0.3) is 0 Å². The van der Waals surface area contributed by atoms with E-state index < -0.39 is 0 Å². The van der Waals surface area contributed by atoms with Crippen LogP contribution in [0.15, 0.2) is 106 Å². The Balaban J connectivity index is 1.20. The fourth-order valence-corrected chi connectivity index (χ4v) is 5.22. The summed E-state index contributed by atoms with van der Waals surface area (Å²) in [5, 5.41) is 3.51. The molecule has 174 valence electrons. The summed E-state index contributed by atoms with van der Waals surface area (Å²) in [6.45, 7) is 2.60. The quantitative estimate of drug-likeness (QED) is 0.265. The molecule has 1 aliphatic rings. The van der Waals surface area contributed by atoms with E-state index in [1.165, 1.54) is 22.8 Å². The van der Waals surface area contributed by atoms with Crippen molar-refractivity contribution >= 4 is 21.7 Å². The van der Waals surface area contributed by atoms with Crippen molar-refractivity contribution in [3.05, 3.63) is 113 Å². The number of ether oxygens (including phenoxy) is 1. The summed E-state index contributed by atoms with van der Waals surface area (Å²) < 4.78 is 11.8.